The van der Waals surface area contributed by atoms with Crippen molar-refractivity contribution in [2.45, 2.75) is 32.4 Å². The van der Waals surface area contributed by atoms with E-state index in [0.29, 0.717) is 6.54 Å². The number of aryl methyl sites for hydroxylation is 1. The van der Waals surface area contributed by atoms with E-state index in [9.17, 15) is 4.79 Å². The Hall–Kier alpha value is -1.55. The average Bonchev–Trinajstić information content (AvgIpc) is 2.27. The molecule has 1 saturated heterocycles. The molecule has 18 heavy (non-hydrogen) atoms. The van der Waals surface area contributed by atoms with E-state index in [2.05, 4.69) is 29.3 Å². The number of hydrogen-bond acceptors (Lipinski definition) is 3. The number of hydrogen-bond donors (Lipinski definition) is 2. The summed E-state index contributed by atoms with van der Waals surface area (Å²) in [5.74, 6) is 0.00950. The molecule has 1 atom stereocenters. The Kier molecular flexibility index (Phi) is 3.30. The largest absolute Gasteiger partial charge is 0.356 e. The molecule has 0 aromatic heterocycles. The standard InChI is InChI=1S/C14H21N3O/c1-10-5-4-6-11(7-10)17-9-14(2,3)16-13(18)12(17)8-15/h4-7,12H,8-9,15H2,1-3H3,(H,16,18). The van der Waals surface area contributed by atoms with Crippen molar-refractivity contribution in [2.24, 2.45) is 5.73 Å². The van der Waals surface area contributed by atoms with Gasteiger partial charge in [0.25, 0.3) is 0 Å². The van der Waals surface area contributed by atoms with Crippen LogP contribution in [0.4, 0.5) is 5.69 Å². The molecular formula is C14H21N3O. The maximum Gasteiger partial charge on any atom is 0.244 e. The molecule has 1 heterocycles. The highest BCUT2D eigenvalue weighted by Gasteiger charge is 2.37. The Morgan fingerprint density at radius 1 is 1.50 bits per heavy atom. The van der Waals surface area contributed by atoms with Crippen molar-refractivity contribution in [1.82, 2.24) is 5.32 Å². The SMILES string of the molecule is Cc1cccc(N2CC(C)(C)NC(=O)C2CN)c1. The molecule has 4 nitrogen and oxygen atoms in total. The van der Waals surface area contributed by atoms with Gasteiger partial charge in [0.05, 0.1) is 5.54 Å². The Balaban J connectivity index is 2.36. The van der Waals surface area contributed by atoms with Gasteiger partial charge in [-0.05, 0) is 38.5 Å². The second kappa shape index (κ2) is 4.61. The summed E-state index contributed by atoms with van der Waals surface area (Å²) in [5, 5.41) is 3.01. The van der Waals surface area contributed by atoms with Gasteiger partial charge in [0.1, 0.15) is 6.04 Å². The number of nitrogens with one attached hydrogen (secondary N) is 1. The fourth-order valence-electron chi connectivity index (χ4n) is 2.45. The van der Waals surface area contributed by atoms with E-state index in [1.807, 2.05) is 26.0 Å². The molecule has 98 valence electrons. The van der Waals surface area contributed by atoms with Crippen LogP contribution in [0.1, 0.15) is 19.4 Å². The van der Waals surface area contributed by atoms with E-state index in [4.69, 9.17) is 5.73 Å². The predicted octanol–water partition coefficient (Wildman–Crippen LogP) is 1.04. The fraction of sp³-hybridized carbons (Fsp3) is 0.500. The van der Waals surface area contributed by atoms with Crippen LogP contribution in [0, 0.1) is 6.92 Å². The van der Waals surface area contributed by atoms with Crippen molar-refractivity contribution in [3.05, 3.63) is 29.8 Å². The first-order valence-electron chi connectivity index (χ1n) is 6.28. The third-order valence-electron chi connectivity index (χ3n) is 3.26. The number of nitrogens with two attached hydrogens (primary N) is 1. The number of nitrogens with zero attached hydrogens (tertiary/aromatic N) is 1. The molecular weight excluding hydrogens is 226 g/mol. The van der Waals surface area contributed by atoms with Crippen LogP contribution in [-0.2, 0) is 4.79 Å². The van der Waals surface area contributed by atoms with Crippen molar-refractivity contribution >= 4 is 11.6 Å². The first-order chi connectivity index (χ1) is 8.43. The minimum Gasteiger partial charge on any atom is -0.356 e. The summed E-state index contributed by atoms with van der Waals surface area (Å²) in [6.45, 7) is 7.21. The molecule has 1 aromatic carbocycles. The Morgan fingerprint density at radius 2 is 2.22 bits per heavy atom. The number of carbonyl (C=O) groups is 1. The molecule has 1 amide bonds. The second-order valence-electron chi connectivity index (χ2n) is 5.59. The second-order valence-corrected chi connectivity index (χ2v) is 5.59. The van der Waals surface area contributed by atoms with Crippen LogP contribution in [0.15, 0.2) is 24.3 Å². The highest BCUT2D eigenvalue weighted by atomic mass is 16.2. The van der Waals surface area contributed by atoms with E-state index in [1.54, 1.807) is 0 Å². The average molecular weight is 247 g/mol. The van der Waals surface area contributed by atoms with Gasteiger partial charge in [-0.15, -0.1) is 0 Å². The molecule has 1 fully saturated rings. The molecule has 1 aromatic rings. The van der Waals surface area contributed by atoms with Crippen LogP contribution in [0.5, 0.6) is 0 Å². The zero-order chi connectivity index (χ0) is 13.3. The van der Waals surface area contributed by atoms with Crippen LogP contribution in [0.25, 0.3) is 0 Å². The molecule has 1 unspecified atom stereocenters. The zero-order valence-corrected chi connectivity index (χ0v) is 11.2. The lowest BCUT2D eigenvalue weighted by atomic mass is 9.97. The van der Waals surface area contributed by atoms with Gasteiger partial charge in [0, 0.05) is 18.8 Å². The summed E-state index contributed by atoms with van der Waals surface area (Å²) in [6, 6.07) is 7.91. The van der Waals surface area contributed by atoms with E-state index >= 15 is 0 Å². The fourth-order valence-corrected chi connectivity index (χ4v) is 2.45. The maximum atomic E-state index is 12.1. The molecule has 0 aliphatic carbocycles. The normalized spacial score (nSPS) is 22.8. The first-order valence-corrected chi connectivity index (χ1v) is 6.28. The molecule has 2 rings (SSSR count). The van der Waals surface area contributed by atoms with Crippen LogP contribution < -0.4 is 16.0 Å². The van der Waals surface area contributed by atoms with Gasteiger partial charge in [0.15, 0.2) is 0 Å². The number of rotatable bonds is 2. The highest BCUT2D eigenvalue weighted by molar-refractivity contribution is 5.87. The van der Waals surface area contributed by atoms with E-state index < -0.39 is 0 Å². The van der Waals surface area contributed by atoms with Crippen LogP contribution in [0.3, 0.4) is 0 Å². The minimum atomic E-state index is -0.278. The van der Waals surface area contributed by atoms with Crippen LogP contribution >= 0.6 is 0 Å². The summed E-state index contributed by atoms with van der Waals surface area (Å²) < 4.78 is 0. The van der Waals surface area contributed by atoms with Gasteiger partial charge in [-0.3, -0.25) is 4.79 Å². The number of benzene rings is 1. The third-order valence-corrected chi connectivity index (χ3v) is 3.26. The van der Waals surface area contributed by atoms with Gasteiger partial charge >= 0.3 is 0 Å². The van der Waals surface area contributed by atoms with E-state index in [-0.39, 0.29) is 17.5 Å². The van der Waals surface area contributed by atoms with Crippen molar-refractivity contribution in [1.29, 1.82) is 0 Å². The van der Waals surface area contributed by atoms with E-state index in [1.165, 1.54) is 5.56 Å². The summed E-state index contributed by atoms with van der Waals surface area (Å²) in [6.07, 6.45) is 0. The molecule has 1 aliphatic heterocycles. The molecule has 0 saturated carbocycles. The van der Waals surface area contributed by atoms with E-state index in [0.717, 1.165) is 12.2 Å². The minimum absolute atomic E-state index is 0.00950. The molecule has 0 bridgehead atoms. The Labute approximate surface area is 108 Å². The molecule has 4 heteroatoms. The van der Waals surface area contributed by atoms with Crippen molar-refractivity contribution < 1.29 is 4.79 Å². The lowest BCUT2D eigenvalue weighted by Gasteiger charge is -2.44. The lowest BCUT2D eigenvalue weighted by molar-refractivity contribution is -0.125. The van der Waals surface area contributed by atoms with Crippen molar-refractivity contribution in [3.63, 3.8) is 0 Å². The molecule has 0 radical (unpaired) electrons. The van der Waals surface area contributed by atoms with Gasteiger partial charge in [-0.25, -0.2) is 0 Å². The number of amides is 1. The smallest absolute Gasteiger partial charge is 0.244 e. The number of anilines is 1. The topological polar surface area (TPSA) is 58.4 Å². The zero-order valence-electron chi connectivity index (χ0n) is 11.2. The highest BCUT2D eigenvalue weighted by Crippen LogP contribution is 2.24. The Bertz CT molecular complexity index is 456. The van der Waals surface area contributed by atoms with Gasteiger partial charge in [-0.1, -0.05) is 12.1 Å². The number of piperazine rings is 1. The van der Waals surface area contributed by atoms with Crippen molar-refractivity contribution in [3.8, 4) is 0 Å². The van der Waals surface area contributed by atoms with Crippen LogP contribution in [-0.4, -0.2) is 30.6 Å². The van der Waals surface area contributed by atoms with Crippen LogP contribution in [0.2, 0.25) is 0 Å². The molecule has 3 N–H and O–H groups in total. The maximum absolute atomic E-state index is 12.1. The van der Waals surface area contributed by atoms with Crippen molar-refractivity contribution in [2.75, 3.05) is 18.0 Å². The summed E-state index contributed by atoms with van der Waals surface area (Å²) in [7, 11) is 0. The van der Waals surface area contributed by atoms with Gasteiger partial charge < -0.3 is 16.0 Å². The first kappa shape index (κ1) is 12.9. The van der Waals surface area contributed by atoms with Gasteiger partial charge in [-0.2, -0.15) is 0 Å². The van der Waals surface area contributed by atoms with Gasteiger partial charge in [0.2, 0.25) is 5.91 Å². The third kappa shape index (κ3) is 2.48. The quantitative estimate of drug-likeness (QED) is 0.821. The predicted molar refractivity (Wildman–Crippen MR) is 73.6 cm³/mol. The number of carbonyl (C=O) groups excluding carboxylic acids is 1. The molecule has 0 spiro atoms. The lowest BCUT2D eigenvalue weighted by Crippen LogP contribution is -2.66. The summed E-state index contributed by atoms with van der Waals surface area (Å²) >= 11 is 0. The Morgan fingerprint density at radius 3 is 2.83 bits per heavy atom. The summed E-state index contributed by atoms with van der Waals surface area (Å²) in [4.78, 5) is 14.2. The summed E-state index contributed by atoms with van der Waals surface area (Å²) in [5.41, 5.74) is 7.77. The monoisotopic (exact) mass is 247 g/mol. The molecule has 1 aliphatic rings.